The second-order valence-electron chi connectivity index (χ2n) is 3.17. The quantitative estimate of drug-likeness (QED) is 0.483. The number of carboxylic acids is 2. The maximum atomic E-state index is 10.8. The van der Waals surface area contributed by atoms with Crippen molar-refractivity contribution in [2.24, 2.45) is 0 Å². The zero-order valence-electron chi connectivity index (χ0n) is 8.15. The summed E-state index contributed by atoms with van der Waals surface area (Å²) in [5.74, 6) is -3.91. The highest BCUT2D eigenvalue weighted by atomic mass is 35.5. The fraction of sp³-hybridized carbons (Fsp3) is 0.111. The lowest BCUT2D eigenvalue weighted by Gasteiger charge is -2.19. The number of hydrogen-bond donors (Lipinski definition) is 4. The topological polar surface area (TPSA) is 121 Å². The number of hydrogen-bond acceptors (Lipinski definition) is 4. The summed E-state index contributed by atoms with van der Waals surface area (Å²) in [5.41, 5.74) is 1.77. The van der Waals surface area contributed by atoms with Gasteiger partial charge in [-0.3, -0.25) is 0 Å². The van der Waals surface area contributed by atoms with Crippen molar-refractivity contribution >= 4 is 40.8 Å². The molecule has 0 amide bonds. The van der Waals surface area contributed by atoms with E-state index in [-0.39, 0.29) is 15.7 Å². The number of carboxylic acid groups (broad SMARTS) is 2. The van der Waals surface area contributed by atoms with Crippen LogP contribution in [0.3, 0.4) is 0 Å². The van der Waals surface area contributed by atoms with E-state index in [0.29, 0.717) is 0 Å². The Morgan fingerprint density at radius 1 is 1.12 bits per heavy atom. The maximum absolute atomic E-state index is 10.8. The van der Waals surface area contributed by atoms with Crippen LogP contribution in [-0.2, 0) is 15.2 Å². The first kappa shape index (κ1) is 13.6. The van der Waals surface area contributed by atoms with Crippen molar-refractivity contribution in [3.8, 4) is 0 Å². The number of aliphatic hydroxyl groups is 1. The summed E-state index contributed by atoms with van der Waals surface area (Å²) in [7, 11) is 0. The minimum absolute atomic E-state index is 0.0322. The van der Waals surface area contributed by atoms with Gasteiger partial charge in [-0.15, -0.1) is 0 Å². The molecule has 0 bridgehead atoms. The van der Waals surface area contributed by atoms with E-state index in [1.54, 1.807) is 0 Å². The summed E-state index contributed by atoms with van der Waals surface area (Å²) in [6.45, 7) is 0. The molecule has 6 nitrogen and oxygen atoms in total. The van der Waals surface area contributed by atoms with Crippen LogP contribution in [-0.4, -0.2) is 27.3 Å². The maximum Gasteiger partial charge on any atom is 0.352 e. The zero-order chi connectivity index (χ0) is 13.4. The van der Waals surface area contributed by atoms with Gasteiger partial charge in [0.25, 0.3) is 5.60 Å². The van der Waals surface area contributed by atoms with Gasteiger partial charge in [0.2, 0.25) is 0 Å². The molecule has 0 aliphatic carbocycles. The number of anilines is 1. The average molecular weight is 280 g/mol. The Kier molecular flexibility index (Phi) is 3.51. The van der Waals surface area contributed by atoms with Gasteiger partial charge in [-0.05, 0) is 12.1 Å². The number of aliphatic carboxylic acids is 2. The fourth-order valence-electron chi connectivity index (χ4n) is 1.13. The molecule has 0 radical (unpaired) electrons. The first-order chi connectivity index (χ1) is 7.71. The van der Waals surface area contributed by atoms with E-state index in [9.17, 15) is 14.7 Å². The van der Waals surface area contributed by atoms with Crippen molar-refractivity contribution < 1.29 is 24.9 Å². The number of nitrogens with two attached hydrogens (primary N) is 1. The normalized spacial score (nSPS) is 11.2. The highest BCUT2D eigenvalue weighted by Crippen LogP contribution is 2.33. The molecule has 17 heavy (non-hydrogen) atoms. The summed E-state index contributed by atoms with van der Waals surface area (Å²) >= 11 is 11.3. The molecule has 1 aromatic rings. The predicted octanol–water partition coefficient (Wildman–Crippen LogP) is 0.932. The molecule has 0 aromatic heterocycles. The van der Waals surface area contributed by atoms with Gasteiger partial charge in [-0.1, -0.05) is 23.2 Å². The van der Waals surface area contributed by atoms with Gasteiger partial charge < -0.3 is 21.1 Å². The van der Waals surface area contributed by atoms with E-state index >= 15 is 0 Å². The minimum Gasteiger partial charge on any atom is -0.478 e. The molecule has 92 valence electrons. The van der Waals surface area contributed by atoms with Gasteiger partial charge in [-0.2, -0.15) is 0 Å². The Labute approximate surface area is 105 Å². The molecule has 8 heteroatoms. The van der Waals surface area contributed by atoms with Crippen LogP contribution in [0.1, 0.15) is 5.56 Å². The van der Waals surface area contributed by atoms with Crippen LogP contribution in [0.25, 0.3) is 0 Å². The molecule has 0 saturated heterocycles. The van der Waals surface area contributed by atoms with Crippen molar-refractivity contribution in [1.82, 2.24) is 0 Å². The minimum atomic E-state index is -3.12. The van der Waals surface area contributed by atoms with E-state index in [0.717, 1.165) is 12.1 Å². The summed E-state index contributed by atoms with van der Waals surface area (Å²) in [4.78, 5) is 21.6. The van der Waals surface area contributed by atoms with Gasteiger partial charge in [0.15, 0.2) is 0 Å². The first-order valence-electron chi connectivity index (χ1n) is 4.15. The highest BCUT2D eigenvalue weighted by molar-refractivity contribution is 6.39. The van der Waals surface area contributed by atoms with Gasteiger partial charge in [0.05, 0.1) is 15.7 Å². The first-order valence-corrected chi connectivity index (χ1v) is 4.91. The molecular weight excluding hydrogens is 273 g/mol. The SMILES string of the molecule is Nc1c(Cl)cc(C(O)(C(=O)O)C(=O)O)cc1Cl. The van der Waals surface area contributed by atoms with E-state index in [4.69, 9.17) is 39.1 Å². The molecule has 0 aliphatic rings. The lowest BCUT2D eigenvalue weighted by Crippen LogP contribution is -2.43. The van der Waals surface area contributed by atoms with E-state index in [2.05, 4.69) is 0 Å². The molecular formula is C9H7Cl2NO5. The smallest absolute Gasteiger partial charge is 0.352 e. The second kappa shape index (κ2) is 4.40. The van der Waals surface area contributed by atoms with Crippen LogP contribution in [0, 0.1) is 0 Å². The number of carbonyl (C=O) groups is 2. The molecule has 0 atom stereocenters. The molecule has 5 N–H and O–H groups in total. The Bertz CT molecular complexity index is 465. The standard InChI is InChI=1S/C9H7Cl2NO5/c10-4-1-3(2-5(11)6(4)12)9(17,7(13)14)8(15)16/h1-2,17H,12H2,(H,13,14)(H,15,16). The van der Waals surface area contributed by atoms with Crippen LogP contribution >= 0.6 is 23.2 Å². The van der Waals surface area contributed by atoms with E-state index in [1.807, 2.05) is 0 Å². The molecule has 0 unspecified atom stereocenters. The molecule has 1 rings (SSSR count). The Hall–Kier alpha value is -1.50. The Morgan fingerprint density at radius 2 is 1.47 bits per heavy atom. The summed E-state index contributed by atoms with van der Waals surface area (Å²) in [5, 5.41) is 26.8. The van der Waals surface area contributed by atoms with Crippen molar-refractivity contribution in [2.45, 2.75) is 5.60 Å². The summed E-state index contributed by atoms with van der Waals surface area (Å²) in [6.07, 6.45) is 0. The number of benzene rings is 1. The molecule has 0 aliphatic heterocycles. The van der Waals surface area contributed by atoms with E-state index < -0.39 is 23.1 Å². The van der Waals surface area contributed by atoms with Crippen LogP contribution in [0.2, 0.25) is 10.0 Å². The van der Waals surface area contributed by atoms with Crippen LogP contribution in [0.15, 0.2) is 12.1 Å². The van der Waals surface area contributed by atoms with Crippen LogP contribution < -0.4 is 5.73 Å². The number of nitrogen functional groups attached to an aromatic ring is 1. The molecule has 0 saturated carbocycles. The fourth-order valence-corrected chi connectivity index (χ4v) is 1.62. The lowest BCUT2D eigenvalue weighted by molar-refractivity contribution is -0.177. The third-order valence-electron chi connectivity index (χ3n) is 2.12. The Morgan fingerprint density at radius 3 is 1.76 bits per heavy atom. The van der Waals surface area contributed by atoms with Crippen molar-refractivity contribution in [3.63, 3.8) is 0 Å². The zero-order valence-corrected chi connectivity index (χ0v) is 9.66. The number of rotatable bonds is 3. The van der Waals surface area contributed by atoms with Crippen molar-refractivity contribution in [1.29, 1.82) is 0 Å². The van der Waals surface area contributed by atoms with E-state index in [1.165, 1.54) is 0 Å². The largest absolute Gasteiger partial charge is 0.478 e. The monoisotopic (exact) mass is 279 g/mol. The number of halogens is 2. The highest BCUT2D eigenvalue weighted by Gasteiger charge is 2.47. The average Bonchev–Trinajstić information content (AvgIpc) is 2.23. The molecule has 0 heterocycles. The third kappa shape index (κ3) is 2.14. The third-order valence-corrected chi connectivity index (χ3v) is 2.74. The predicted molar refractivity (Wildman–Crippen MR) is 60.0 cm³/mol. The van der Waals surface area contributed by atoms with Crippen molar-refractivity contribution in [2.75, 3.05) is 5.73 Å². The molecule has 1 aromatic carbocycles. The lowest BCUT2D eigenvalue weighted by atomic mass is 9.94. The summed E-state index contributed by atoms with van der Waals surface area (Å²) < 4.78 is 0. The summed E-state index contributed by atoms with van der Waals surface area (Å²) in [6, 6.07) is 1.87. The van der Waals surface area contributed by atoms with Crippen LogP contribution in [0.5, 0.6) is 0 Å². The molecule has 0 spiro atoms. The van der Waals surface area contributed by atoms with Crippen LogP contribution in [0.4, 0.5) is 5.69 Å². The molecule has 0 fully saturated rings. The van der Waals surface area contributed by atoms with Gasteiger partial charge in [0.1, 0.15) is 0 Å². The van der Waals surface area contributed by atoms with Gasteiger partial charge >= 0.3 is 11.9 Å². The van der Waals surface area contributed by atoms with Crippen molar-refractivity contribution in [3.05, 3.63) is 27.7 Å². The second-order valence-corrected chi connectivity index (χ2v) is 3.99. The Balaban J connectivity index is 3.51. The van der Waals surface area contributed by atoms with Gasteiger partial charge in [-0.25, -0.2) is 9.59 Å². The van der Waals surface area contributed by atoms with Gasteiger partial charge in [0, 0.05) is 5.56 Å².